The van der Waals surface area contributed by atoms with Crippen molar-refractivity contribution in [2.24, 2.45) is 0 Å². The Balaban J connectivity index is 1.94. The molecule has 1 fully saturated rings. The smallest absolute Gasteiger partial charge is 0.167 e. The molecule has 0 saturated carbocycles. The molecule has 1 aromatic rings. The van der Waals surface area contributed by atoms with Crippen molar-refractivity contribution in [3.05, 3.63) is 28.8 Å². The first-order valence-electron chi connectivity index (χ1n) is 7.96. The lowest BCUT2D eigenvalue weighted by atomic mass is 10.1. The largest absolute Gasteiger partial charge is 0.493 e. The third-order valence-corrected chi connectivity index (χ3v) is 4.19. The molecular weight excluding hydrogens is 300 g/mol. The lowest BCUT2D eigenvalue weighted by molar-refractivity contribution is 0.0938. The van der Waals surface area contributed by atoms with Crippen molar-refractivity contribution in [3.63, 3.8) is 0 Å². The summed E-state index contributed by atoms with van der Waals surface area (Å²) in [7, 11) is 2.13. The van der Waals surface area contributed by atoms with Gasteiger partial charge in [-0.05, 0) is 31.7 Å². The van der Waals surface area contributed by atoms with Gasteiger partial charge in [0.05, 0.1) is 12.2 Å². The zero-order valence-electron chi connectivity index (χ0n) is 13.5. The number of benzene rings is 1. The van der Waals surface area contributed by atoms with E-state index in [1.54, 1.807) is 18.2 Å². The van der Waals surface area contributed by atoms with Crippen LogP contribution < -0.4 is 4.74 Å². The second-order valence-electron chi connectivity index (χ2n) is 5.81. The normalized spacial score (nSPS) is 16.7. The molecule has 1 saturated heterocycles. The first-order valence-corrected chi connectivity index (χ1v) is 8.34. The molecule has 2 rings (SSSR count). The maximum atomic E-state index is 12.5. The molecule has 1 aromatic carbocycles. The van der Waals surface area contributed by atoms with E-state index in [4.69, 9.17) is 16.3 Å². The zero-order chi connectivity index (χ0) is 15.9. The van der Waals surface area contributed by atoms with Gasteiger partial charge >= 0.3 is 0 Å². The number of ketones is 1. The molecule has 0 radical (unpaired) electrons. The van der Waals surface area contributed by atoms with Crippen molar-refractivity contribution < 1.29 is 9.53 Å². The van der Waals surface area contributed by atoms with Gasteiger partial charge in [-0.3, -0.25) is 4.79 Å². The number of carbonyl (C=O) groups is 1. The second kappa shape index (κ2) is 8.51. The summed E-state index contributed by atoms with van der Waals surface area (Å²) in [4.78, 5) is 17.2. The highest BCUT2D eigenvalue weighted by Crippen LogP contribution is 2.24. The minimum absolute atomic E-state index is 0.104. The second-order valence-corrected chi connectivity index (χ2v) is 6.24. The Morgan fingerprint density at radius 1 is 1.27 bits per heavy atom. The van der Waals surface area contributed by atoms with Crippen LogP contribution in [0.2, 0.25) is 5.02 Å². The average molecular weight is 325 g/mol. The van der Waals surface area contributed by atoms with Crippen LogP contribution in [0.5, 0.6) is 5.75 Å². The first kappa shape index (κ1) is 17.3. The van der Waals surface area contributed by atoms with Crippen LogP contribution in [0.3, 0.4) is 0 Å². The highest BCUT2D eigenvalue weighted by atomic mass is 35.5. The van der Waals surface area contributed by atoms with E-state index in [-0.39, 0.29) is 5.78 Å². The summed E-state index contributed by atoms with van der Waals surface area (Å²) in [6.07, 6.45) is 1.42. The summed E-state index contributed by atoms with van der Waals surface area (Å²) in [5, 5.41) is 0.576. The highest BCUT2D eigenvalue weighted by Gasteiger charge is 2.17. The molecule has 0 aliphatic carbocycles. The Labute approximate surface area is 138 Å². The van der Waals surface area contributed by atoms with Crippen LogP contribution in [-0.2, 0) is 0 Å². The molecule has 0 bridgehead atoms. The van der Waals surface area contributed by atoms with E-state index < -0.39 is 0 Å². The molecular formula is C17H25ClN2O2. The average Bonchev–Trinajstić information content (AvgIpc) is 2.53. The van der Waals surface area contributed by atoms with Crippen LogP contribution in [0.25, 0.3) is 0 Å². The minimum atomic E-state index is 0.104. The molecule has 0 amide bonds. The van der Waals surface area contributed by atoms with E-state index >= 15 is 0 Å². The van der Waals surface area contributed by atoms with E-state index in [0.717, 1.165) is 39.1 Å². The zero-order valence-corrected chi connectivity index (χ0v) is 14.2. The van der Waals surface area contributed by atoms with Crippen LogP contribution in [0, 0.1) is 0 Å². The molecule has 5 heteroatoms. The van der Waals surface area contributed by atoms with Gasteiger partial charge < -0.3 is 14.5 Å². The van der Waals surface area contributed by atoms with Gasteiger partial charge in [0.25, 0.3) is 0 Å². The Kier molecular flexibility index (Phi) is 6.68. The van der Waals surface area contributed by atoms with Gasteiger partial charge in [-0.15, -0.1) is 0 Å². The fourth-order valence-corrected chi connectivity index (χ4v) is 2.70. The number of carbonyl (C=O) groups excluding carboxylic acids is 1. The number of likely N-dealkylation sites (N-methyl/N-ethyl adjacent to an activating group) is 1. The summed E-state index contributed by atoms with van der Waals surface area (Å²) in [5.74, 6) is 0.752. The first-order chi connectivity index (χ1) is 10.6. The maximum Gasteiger partial charge on any atom is 0.167 e. The van der Waals surface area contributed by atoms with Crippen molar-refractivity contribution in [3.8, 4) is 5.75 Å². The Morgan fingerprint density at radius 2 is 2.00 bits per heavy atom. The number of hydrogen-bond donors (Lipinski definition) is 0. The Hall–Kier alpha value is -1.10. The number of rotatable bonds is 7. The van der Waals surface area contributed by atoms with Crippen LogP contribution in [0.15, 0.2) is 18.2 Å². The summed E-state index contributed by atoms with van der Waals surface area (Å²) in [6, 6.07) is 5.28. The fourth-order valence-electron chi connectivity index (χ4n) is 2.52. The van der Waals surface area contributed by atoms with E-state index in [9.17, 15) is 4.79 Å². The summed E-state index contributed by atoms with van der Waals surface area (Å²) >= 11 is 6.04. The van der Waals surface area contributed by atoms with Crippen molar-refractivity contribution in [2.75, 3.05) is 46.4 Å². The molecule has 1 aliphatic heterocycles. The van der Waals surface area contributed by atoms with Crippen molar-refractivity contribution in [1.82, 2.24) is 9.80 Å². The molecule has 0 N–H and O–H groups in total. The number of hydrogen-bond acceptors (Lipinski definition) is 4. The number of Topliss-reactive ketones (excluding diaryl/α,β-unsaturated/α-hetero) is 1. The van der Waals surface area contributed by atoms with E-state index in [1.165, 1.54) is 0 Å². The predicted molar refractivity (Wildman–Crippen MR) is 90.1 cm³/mol. The molecule has 0 spiro atoms. The lowest BCUT2D eigenvalue weighted by Crippen LogP contribution is -2.45. The van der Waals surface area contributed by atoms with Gasteiger partial charge in [0.15, 0.2) is 5.78 Å². The van der Waals surface area contributed by atoms with Gasteiger partial charge in [-0.2, -0.15) is 0 Å². The summed E-state index contributed by atoms with van der Waals surface area (Å²) < 4.78 is 5.67. The summed E-state index contributed by atoms with van der Waals surface area (Å²) in [5.41, 5.74) is 0.607. The summed E-state index contributed by atoms with van der Waals surface area (Å²) in [6.45, 7) is 7.64. The molecule has 4 nitrogen and oxygen atoms in total. The maximum absolute atomic E-state index is 12.5. The molecule has 0 unspecified atom stereocenters. The third kappa shape index (κ3) is 4.97. The topological polar surface area (TPSA) is 32.8 Å². The van der Waals surface area contributed by atoms with Crippen LogP contribution in [0.4, 0.5) is 0 Å². The Bertz CT molecular complexity index is 499. The number of piperazine rings is 1. The molecule has 0 aromatic heterocycles. The highest BCUT2D eigenvalue weighted by molar-refractivity contribution is 6.31. The van der Waals surface area contributed by atoms with Crippen molar-refractivity contribution in [1.29, 1.82) is 0 Å². The van der Waals surface area contributed by atoms with Crippen LogP contribution in [0.1, 0.15) is 30.1 Å². The van der Waals surface area contributed by atoms with Crippen molar-refractivity contribution >= 4 is 17.4 Å². The standard InChI is InChI=1S/C17H25ClN2O2/c1-3-12-22-17-5-4-14(18)13-15(17)16(21)6-7-20-10-8-19(2)9-11-20/h4-5,13H,3,6-12H2,1-2H3. The van der Waals surface area contributed by atoms with E-state index in [0.29, 0.717) is 29.4 Å². The van der Waals surface area contributed by atoms with Gasteiger partial charge in [0.1, 0.15) is 5.75 Å². The third-order valence-electron chi connectivity index (χ3n) is 3.95. The lowest BCUT2D eigenvalue weighted by Gasteiger charge is -2.32. The quantitative estimate of drug-likeness (QED) is 0.722. The van der Waals surface area contributed by atoms with Crippen LogP contribution in [-0.4, -0.2) is 62.0 Å². The van der Waals surface area contributed by atoms with Gasteiger partial charge in [-0.25, -0.2) is 0 Å². The number of halogens is 1. The monoisotopic (exact) mass is 324 g/mol. The van der Waals surface area contributed by atoms with Gasteiger partial charge in [0, 0.05) is 44.2 Å². The molecule has 22 heavy (non-hydrogen) atoms. The predicted octanol–water partition coefficient (Wildman–Crippen LogP) is 2.95. The molecule has 122 valence electrons. The fraction of sp³-hybridized carbons (Fsp3) is 0.588. The van der Waals surface area contributed by atoms with E-state index in [1.807, 2.05) is 6.92 Å². The number of ether oxygens (including phenoxy) is 1. The van der Waals surface area contributed by atoms with Crippen molar-refractivity contribution in [2.45, 2.75) is 19.8 Å². The minimum Gasteiger partial charge on any atom is -0.493 e. The Morgan fingerprint density at radius 3 is 2.68 bits per heavy atom. The van der Waals surface area contributed by atoms with Gasteiger partial charge in [0.2, 0.25) is 0 Å². The molecule has 0 atom stereocenters. The number of nitrogens with zero attached hydrogens (tertiary/aromatic N) is 2. The van der Waals surface area contributed by atoms with E-state index in [2.05, 4.69) is 16.8 Å². The van der Waals surface area contributed by atoms with Crippen LogP contribution >= 0.6 is 11.6 Å². The SMILES string of the molecule is CCCOc1ccc(Cl)cc1C(=O)CCN1CCN(C)CC1. The molecule has 1 aliphatic rings. The molecule has 1 heterocycles. The van der Waals surface area contributed by atoms with Gasteiger partial charge in [-0.1, -0.05) is 18.5 Å².